The van der Waals surface area contributed by atoms with Gasteiger partial charge in [0, 0.05) is 25.0 Å². The molecular weight excluding hydrogens is 381 g/mol. The molecule has 1 saturated heterocycles. The van der Waals surface area contributed by atoms with Gasteiger partial charge in [0.15, 0.2) is 0 Å². The first kappa shape index (κ1) is 22.7. The Labute approximate surface area is 179 Å². The van der Waals surface area contributed by atoms with Gasteiger partial charge in [-0.05, 0) is 57.4 Å². The number of carboxylic acid groups (broad SMARTS) is 1. The Hall–Kier alpha value is -2.02. The highest BCUT2D eigenvalue weighted by Gasteiger charge is 2.54. The van der Waals surface area contributed by atoms with Crippen molar-refractivity contribution < 1.29 is 18.8 Å². The van der Waals surface area contributed by atoms with Crippen LogP contribution in [0, 0.1) is 11.2 Å². The predicted molar refractivity (Wildman–Crippen MR) is 118 cm³/mol. The van der Waals surface area contributed by atoms with Crippen molar-refractivity contribution in [2.45, 2.75) is 45.7 Å². The highest BCUT2D eigenvalue weighted by atomic mass is 19.1. The molecule has 1 aliphatic carbocycles. The van der Waals surface area contributed by atoms with Crippen LogP contribution in [0.4, 0.5) is 9.18 Å². The maximum atomic E-state index is 13.3. The van der Waals surface area contributed by atoms with Crippen molar-refractivity contribution in [1.29, 1.82) is 0 Å². The first-order valence-corrected chi connectivity index (χ1v) is 10.7. The van der Waals surface area contributed by atoms with E-state index in [0.29, 0.717) is 13.1 Å². The molecular formula is C24H35FN3O2+. The van der Waals surface area contributed by atoms with Gasteiger partial charge in [0.25, 0.3) is 0 Å². The fourth-order valence-corrected chi connectivity index (χ4v) is 5.28. The molecule has 164 valence electrons. The van der Waals surface area contributed by atoms with Gasteiger partial charge in [-0.15, -0.1) is 0 Å². The van der Waals surface area contributed by atoms with Gasteiger partial charge in [0.1, 0.15) is 23.9 Å². The molecule has 1 heterocycles. The molecule has 3 rings (SSSR count). The van der Waals surface area contributed by atoms with E-state index < -0.39 is 6.09 Å². The summed E-state index contributed by atoms with van der Waals surface area (Å²) >= 11 is 0. The number of nitrogens with two attached hydrogens (primary N) is 1. The normalized spacial score (nSPS) is 30.2. The van der Waals surface area contributed by atoms with E-state index in [0.717, 1.165) is 37.2 Å². The number of benzene rings is 1. The van der Waals surface area contributed by atoms with E-state index in [9.17, 15) is 14.3 Å². The second-order valence-electron chi connectivity index (χ2n) is 9.91. The van der Waals surface area contributed by atoms with Crippen molar-refractivity contribution in [2.24, 2.45) is 11.1 Å². The lowest BCUT2D eigenvalue weighted by Crippen LogP contribution is -2.74. The lowest BCUT2D eigenvalue weighted by molar-refractivity contribution is -0.929. The minimum Gasteiger partial charge on any atom is -0.435 e. The highest BCUT2D eigenvalue weighted by Crippen LogP contribution is 2.37. The molecule has 1 aliphatic heterocycles. The van der Waals surface area contributed by atoms with E-state index in [4.69, 9.17) is 5.73 Å². The first-order valence-electron chi connectivity index (χ1n) is 10.7. The Balaban J connectivity index is 1.80. The molecule has 6 heteroatoms. The second kappa shape index (κ2) is 8.25. The van der Waals surface area contributed by atoms with Crippen molar-refractivity contribution in [3.8, 4) is 0 Å². The van der Waals surface area contributed by atoms with Crippen molar-refractivity contribution in [3.63, 3.8) is 0 Å². The summed E-state index contributed by atoms with van der Waals surface area (Å²) in [5.74, 6) is -0.245. The summed E-state index contributed by atoms with van der Waals surface area (Å²) in [4.78, 5) is 14.6. The number of rotatable bonds is 4. The van der Waals surface area contributed by atoms with Crippen molar-refractivity contribution in [1.82, 2.24) is 4.90 Å². The average Bonchev–Trinajstić information content (AvgIpc) is 2.67. The van der Waals surface area contributed by atoms with Crippen LogP contribution in [0.5, 0.6) is 0 Å². The first-order chi connectivity index (χ1) is 14.0. The Morgan fingerprint density at radius 1 is 1.33 bits per heavy atom. The molecule has 2 unspecified atom stereocenters. The number of nitrogens with zero attached hydrogens (tertiary/aromatic N) is 2. The van der Waals surface area contributed by atoms with Crippen molar-refractivity contribution in [3.05, 3.63) is 53.9 Å². The number of amides is 1. The summed E-state index contributed by atoms with van der Waals surface area (Å²) in [5, 5.41) is 10.1. The Bertz CT molecular complexity index is 843. The molecule has 0 radical (unpaired) electrons. The summed E-state index contributed by atoms with van der Waals surface area (Å²) in [6.45, 7) is 11.4. The predicted octanol–water partition coefficient (Wildman–Crippen LogP) is 4.11. The number of hydrogen-bond donors (Lipinski definition) is 2. The molecule has 5 nitrogen and oxygen atoms in total. The summed E-state index contributed by atoms with van der Waals surface area (Å²) in [6.07, 6.45) is 6.54. The lowest BCUT2D eigenvalue weighted by Gasteiger charge is -2.53. The van der Waals surface area contributed by atoms with Crippen LogP contribution in [0.25, 0.3) is 5.57 Å². The van der Waals surface area contributed by atoms with Gasteiger partial charge in [-0.2, -0.15) is 4.79 Å². The van der Waals surface area contributed by atoms with Gasteiger partial charge in [-0.3, -0.25) is 4.90 Å². The van der Waals surface area contributed by atoms with Crippen LogP contribution < -0.4 is 5.73 Å². The van der Waals surface area contributed by atoms with Crippen molar-refractivity contribution in [2.75, 3.05) is 32.7 Å². The molecule has 1 amide bonds. The molecule has 30 heavy (non-hydrogen) atoms. The van der Waals surface area contributed by atoms with Crippen molar-refractivity contribution >= 4 is 11.7 Å². The fourth-order valence-electron chi connectivity index (χ4n) is 5.28. The van der Waals surface area contributed by atoms with E-state index in [-0.39, 0.29) is 27.3 Å². The standard InChI is InChI=1S/C24H34FN3O2/c1-18-15-27(12-13-28(18,22(29)30)23(2,3)4)17-24(16-26)11-5-6-20(14-24)19-7-9-21(25)10-8-19/h5-10,14,18H,11-13,15-17,26H2,1-4H3/p+1/t18-,24?,28?/m0/s1. The zero-order chi connectivity index (χ0) is 22.2. The van der Waals surface area contributed by atoms with E-state index in [1.54, 1.807) is 12.1 Å². The van der Waals surface area contributed by atoms with E-state index in [1.807, 2.05) is 27.7 Å². The van der Waals surface area contributed by atoms with Gasteiger partial charge >= 0.3 is 6.09 Å². The molecule has 1 aromatic carbocycles. The molecule has 0 spiro atoms. The van der Waals surface area contributed by atoms with Crippen LogP contribution in [-0.2, 0) is 0 Å². The molecule has 0 aromatic heterocycles. The molecule has 0 bridgehead atoms. The Kier molecular flexibility index (Phi) is 6.23. The number of halogens is 1. The zero-order valence-corrected chi connectivity index (χ0v) is 18.6. The van der Waals surface area contributed by atoms with Crippen LogP contribution in [0.1, 0.15) is 39.7 Å². The zero-order valence-electron chi connectivity index (χ0n) is 18.6. The van der Waals surface area contributed by atoms with Crippen LogP contribution in [-0.4, -0.2) is 64.9 Å². The van der Waals surface area contributed by atoms with E-state index in [2.05, 4.69) is 23.1 Å². The largest absolute Gasteiger partial charge is 0.514 e. The smallest absolute Gasteiger partial charge is 0.435 e. The Morgan fingerprint density at radius 2 is 2.00 bits per heavy atom. The number of carbonyl (C=O) groups is 1. The van der Waals surface area contributed by atoms with Gasteiger partial charge in [0.2, 0.25) is 0 Å². The SMILES string of the molecule is C[C@H]1CN(CC2(CN)C=C(c3ccc(F)cc3)C=CC2)CC[N+]1(C(=O)O)C(C)(C)C. The summed E-state index contributed by atoms with van der Waals surface area (Å²) in [7, 11) is 0. The Morgan fingerprint density at radius 3 is 2.53 bits per heavy atom. The molecule has 1 aromatic rings. The van der Waals surface area contributed by atoms with E-state index >= 15 is 0 Å². The molecule has 2 aliphatic rings. The maximum absolute atomic E-state index is 13.3. The number of hydrogen-bond acceptors (Lipinski definition) is 3. The third kappa shape index (κ3) is 4.09. The molecule has 3 atom stereocenters. The highest BCUT2D eigenvalue weighted by molar-refractivity contribution is 5.75. The molecule has 3 N–H and O–H groups in total. The van der Waals surface area contributed by atoms with Gasteiger partial charge in [-0.25, -0.2) is 8.87 Å². The summed E-state index contributed by atoms with van der Waals surface area (Å²) in [5.41, 5.74) is 7.72. The molecule has 0 saturated carbocycles. The minimum absolute atomic E-state index is 0.0224. The van der Waals surface area contributed by atoms with E-state index in [1.165, 1.54) is 12.1 Å². The number of quaternary nitrogens is 1. The van der Waals surface area contributed by atoms with Crippen LogP contribution in [0.3, 0.4) is 0 Å². The number of allylic oxidation sites excluding steroid dienone is 3. The third-order valence-corrected chi connectivity index (χ3v) is 6.99. The quantitative estimate of drug-likeness (QED) is 0.725. The second-order valence-corrected chi connectivity index (χ2v) is 9.91. The number of piperazine rings is 1. The van der Waals surface area contributed by atoms with Crippen LogP contribution in [0.2, 0.25) is 0 Å². The summed E-state index contributed by atoms with van der Waals surface area (Å²) < 4.78 is 13.4. The van der Waals surface area contributed by atoms with Gasteiger partial charge < -0.3 is 10.8 Å². The van der Waals surface area contributed by atoms with Gasteiger partial charge in [0.05, 0.1) is 6.54 Å². The maximum Gasteiger partial charge on any atom is 0.514 e. The van der Waals surface area contributed by atoms with Crippen LogP contribution in [0.15, 0.2) is 42.5 Å². The molecule has 1 fully saturated rings. The fraction of sp³-hybridized carbons (Fsp3) is 0.542. The van der Waals surface area contributed by atoms with Crippen LogP contribution >= 0.6 is 0 Å². The lowest BCUT2D eigenvalue weighted by atomic mass is 9.77. The summed E-state index contributed by atoms with van der Waals surface area (Å²) in [6, 6.07) is 6.52. The topological polar surface area (TPSA) is 66.6 Å². The van der Waals surface area contributed by atoms with Gasteiger partial charge in [-0.1, -0.05) is 30.4 Å². The monoisotopic (exact) mass is 416 g/mol. The third-order valence-electron chi connectivity index (χ3n) is 6.99. The minimum atomic E-state index is -0.748. The average molecular weight is 417 g/mol.